The van der Waals surface area contributed by atoms with E-state index >= 15 is 0 Å². The summed E-state index contributed by atoms with van der Waals surface area (Å²) >= 11 is 0. The molecule has 17 heavy (non-hydrogen) atoms. The molecule has 0 bridgehead atoms. The van der Waals surface area contributed by atoms with E-state index in [4.69, 9.17) is 5.11 Å². The predicted molar refractivity (Wildman–Crippen MR) is 52.8 cm³/mol. The van der Waals surface area contributed by atoms with Crippen molar-refractivity contribution in [2.24, 2.45) is 0 Å². The highest BCUT2D eigenvalue weighted by Gasteiger charge is 2.14. The molecule has 2 heterocycles. The summed E-state index contributed by atoms with van der Waals surface area (Å²) in [6, 6.07) is 1.18. The summed E-state index contributed by atoms with van der Waals surface area (Å²) in [6.07, 6.45) is 3.63. The van der Waals surface area contributed by atoms with E-state index in [1.807, 2.05) is 0 Å². The van der Waals surface area contributed by atoms with Crippen molar-refractivity contribution in [3.8, 4) is 5.82 Å². The van der Waals surface area contributed by atoms with Gasteiger partial charge in [-0.25, -0.2) is 9.78 Å². The molecule has 0 atom stereocenters. The van der Waals surface area contributed by atoms with Crippen molar-refractivity contribution in [3.05, 3.63) is 40.5 Å². The molecule has 2 rings (SSSR count). The number of hydrogen-bond donors (Lipinski definition) is 1. The number of carboxylic acids is 1. The van der Waals surface area contributed by atoms with E-state index in [2.05, 4.69) is 15.1 Å². The Morgan fingerprint density at radius 2 is 2.24 bits per heavy atom. The molecule has 0 saturated heterocycles. The van der Waals surface area contributed by atoms with Gasteiger partial charge in [-0.05, 0) is 4.92 Å². The van der Waals surface area contributed by atoms with Gasteiger partial charge in [-0.15, -0.1) is 4.68 Å². The Bertz CT molecular complexity index is 593. The first kappa shape index (κ1) is 10.7. The number of hydrogen-bond acceptors (Lipinski definition) is 6. The number of nitrogens with zero attached hydrogens (tertiary/aromatic N) is 5. The minimum Gasteiger partial charge on any atom is -0.476 e. The minimum atomic E-state index is -1.24. The van der Waals surface area contributed by atoms with Crippen LogP contribution in [0, 0.1) is 10.1 Å². The van der Waals surface area contributed by atoms with Crippen LogP contribution in [0.25, 0.3) is 5.82 Å². The second-order valence-electron chi connectivity index (χ2n) is 2.94. The van der Waals surface area contributed by atoms with Crippen LogP contribution in [0.2, 0.25) is 0 Å². The highest BCUT2D eigenvalue weighted by Crippen LogP contribution is 2.09. The summed E-state index contributed by atoms with van der Waals surface area (Å²) in [7, 11) is 0. The summed E-state index contributed by atoms with van der Waals surface area (Å²) in [5, 5.41) is 22.7. The van der Waals surface area contributed by atoms with Gasteiger partial charge in [-0.2, -0.15) is 0 Å². The molecule has 0 fully saturated rings. The molecule has 9 nitrogen and oxygen atoms in total. The fourth-order valence-electron chi connectivity index (χ4n) is 1.11. The molecule has 9 heteroatoms. The Hall–Kier alpha value is -2.84. The van der Waals surface area contributed by atoms with E-state index in [-0.39, 0.29) is 17.3 Å². The summed E-state index contributed by atoms with van der Waals surface area (Å²) in [5.41, 5.74) is -0.263. The lowest BCUT2D eigenvalue weighted by Gasteiger charge is -1.96. The lowest BCUT2D eigenvalue weighted by Crippen LogP contribution is -2.06. The summed E-state index contributed by atoms with van der Waals surface area (Å²) in [6.45, 7) is 0. The minimum absolute atomic E-state index is 0.0954. The third-order valence-electron chi connectivity index (χ3n) is 1.84. The molecule has 86 valence electrons. The van der Waals surface area contributed by atoms with E-state index in [1.54, 1.807) is 0 Å². The Kier molecular flexibility index (Phi) is 2.49. The number of aromatic carboxylic acids is 1. The second kappa shape index (κ2) is 3.96. The fourth-order valence-corrected chi connectivity index (χ4v) is 1.11. The number of rotatable bonds is 3. The molecule has 0 radical (unpaired) electrons. The van der Waals surface area contributed by atoms with Crippen LogP contribution in [-0.4, -0.2) is 35.7 Å². The Labute approximate surface area is 93.5 Å². The second-order valence-corrected chi connectivity index (χ2v) is 2.94. The monoisotopic (exact) mass is 235 g/mol. The molecular weight excluding hydrogens is 230 g/mol. The van der Waals surface area contributed by atoms with Crippen molar-refractivity contribution < 1.29 is 14.8 Å². The van der Waals surface area contributed by atoms with Gasteiger partial charge in [0.25, 0.3) is 0 Å². The molecule has 0 unspecified atom stereocenters. The van der Waals surface area contributed by atoms with Gasteiger partial charge in [0.15, 0.2) is 11.5 Å². The van der Waals surface area contributed by atoms with Crippen LogP contribution in [-0.2, 0) is 0 Å². The summed E-state index contributed by atoms with van der Waals surface area (Å²) in [4.78, 5) is 27.8. The zero-order valence-corrected chi connectivity index (χ0v) is 8.22. The van der Waals surface area contributed by atoms with Crippen molar-refractivity contribution >= 4 is 11.8 Å². The maximum absolute atomic E-state index is 10.7. The lowest BCUT2D eigenvalue weighted by molar-refractivity contribution is -0.389. The highest BCUT2D eigenvalue weighted by atomic mass is 16.6. The number of carboxylic acid groups (broad SMARTS) is 1. The number of aromatic nitrogens is 4. The smallest absolute Gasteiger partial charge is 0.390 e. The number of carbonyl (C=O) groups is 1. The van der Waals surface area contributed by atoms with E-state index in [0.717, 1.165) is 10.9 Å². The Balaban J connectivity index is 2.42. The summed E-state index contributed by atoms with van der Waals surface area (Å²) < 4.78 is 1.08. The molecule has 0 aromatic carbocycles. The molecule has 1 N–H and O–H groups in total. The van der Waals surface area contributed by atoms with Gasteiger partial charge in [0.05, 0.1) is 29.8 Å². The molecule has 2 aromatic rings. The third kappa shape index (κ3) is 2.07. The van der Waals surface area contributed by atoms with Gasteiger partial charge in [0.1, 0.15) is 0 Å². The van der Waals surface area contributed by atoms with Crippen LogP contribution in [0.3, 0.4) is 0 Å². The van der Waals surface area contributed by atoms with Crippen molar-refractivity contribution in [1.29, 1.82) is 0 Å². The molecule has 2 aromatic heterocycles. The van der Waals surface area contributed by atoms with Gasteiger partial charge in [0.2, 0.25) is 0 Å². The SMILES string of the molecule is O=C(O)c1cncc(-n2ccc([N+](=O)[O-])n2)n1. The molecule has 0 aliphatic rings. The third-order valence-corrected chi connectivity index (χ3v) is 1.84. The van der Waals surface area contributed by atoms with Gasteiger partial charge in [-0.3, -0.25) is 4.98 Å². The van der Waals surface area contributed by atoms with E-state index in [9.17, 15) is 14.9 Å². The first-order valence-electron chi connectivity index (χ1n) is 4.33. The van der Waals surface area contributed by atoms with Crippen LogP contribution in [0.5, 0.6) is 0 Å². The van der Waals surface area contributed by atoms with E-state index < -0.39 is 10.9 Å². The maximum Gasteiger partial charge on any atom is 0.390 e. The van der Waals surface area contributed by atoms with Gasteiger partial charge < -0.3 is 15.2 Å². The normalized spacial score (nSPS) is 10.1. The van der Waals surface area contributed by atoms with Crippen molar-refractivity contribution in [1.82, 2.24) is 19.7 Å². The lowest BCUT2D eigenvalue weighted by atomic mass is 10.4. The topological polar surface area (TPSA) is 124 Å². The largest absolute Gasteiger partial charge is 0.476 e. The molecule has 0 spiro atoms. The van der Waals surface area contributed by atoms with Crippen LogP contribution in [0.4, 0.5) is 5.82 Å². The van der Waals surface area contributed by atoms with Crippen LogP contribution in [0.15, 0.2) is 24.7 Å². The first-order chi connectivity index (χ1) is 8.08. The van der Waals surface area contributed by atoms with Gasteiger partial charge in [0, 0.05) is 0 Å². The molecule has 0 aliphatic heterocycles. The first-order valence-corrected chi connectivity index (χ1v) is 4.33. The van der Waals surface area contributed by atoms with Crippen LogP contribution < -0.4 is 0 Å². The standard InChI is InChI=1S/C8H5N5O4/c14-8(15)5-3-9-4-7(10-5)12-2-1-6(11-12)13(16)17/h1-4H,(H,14,15). The van der Waals surface area contributed by atoms with Gasteiger partial charge >= 0.3 is 11.8 Å². The predicted octanol–water partition coefficient (Wildman–Crippen LogP) is 0.269. The van der Waals surface area contributed by atoms with E-state index in [1.165, 1.54) is 18.5 Å². The average molecular weight is 235 g/mol. The van der Waals surface area contributed by atoms with Crippen LogP contribution in [0.1, 0.15) is 10.5 Å². The van der Waals surface area contributed by atoms with Crippen molar-refractivity contribution in [2.75, 3.05) is 0 Å². The maximum atomic E-state index is 10.7. The van der Waals surface area contributed by atoms with Crippen molar-refractivity contribution in [2.45, 2.75) is 0 Å². The van der Waals surface area contributed by atoms with Crippen molar-refractivity contribution in [3.63, 3.8) is 0 Å². The molecular formula is C8H5N5O4. The zero-order chi connectivity index (χ0) is 12.4. The molecule has 0 aliphatic carbocycles. The van der Waals surface area contributed by atoms with E-state index in [0.29, 0.717) is 0 Å². The van der Waals surface area contributed by atoms with Crippen LogP contribution >= 0.6 is 0 Å². The summed E-state index contributed by atoms with van der Waals surface area (Å²) in [5.74, 6) is -1.49. The molecule has 0 saturated carbocycles. The number of nitro groups is 1. The molecule has 0 amide bonds. The highest BCUT2D eigenvalue weighted by molar-refractivity contribution is 5.85. The average Bonchev–Trinajstić information content (AvgIpc) is 2.78. The zero-order valence-electron chi connectivity index (χ0n) is 8.22. The van der Waals surface area contributed by atoms with Gasteiger partial charge in [-0.1, -0.05) is 0 Å². The Morgan fingerprint density at radius 3 is 2.82 bits per heavy atom. The quantitative estimate of drug-likeness (QED) is 0.597. The Morgan fingerprint density at radius 1 is 1.47 bits per heavy atom. The fraction of sp³-hybridized carbons (Fsp3) is 0.